The van der Waals surface area contributed by atoms with E-state index in [9.17, 15) is 4.79 Å². The Bertz CT molecular complexity index is 1570. The third-order valence-corrected chi connectivity index (χ3v) is 9.09. The number of hydrogen-bond donors (Lipinski definition) is 1. The van der Waals surface area contributed by atoms with Crippen LogP contribution in [0.1, 0.15) is 46.8 Å². The lowest BCUT2D eigenvalue weighted by molar-refractivity contribution is -0.112. The SMILES string of the molecule is CCN1CCN(c2cccc3c2CN(C(c2cccc(NCc4ccccc4)c2)c2ccc(OC)c(OC)c2)C3C=O)CC1. The van der Waals surface area contributed by atoms with Crippen LogP contribution < -0.4 is 19.7 Å². The minimum absolute atomic E-state index is 0.194. The van der Waals surface area contributed by atoms with Gasteiger partial charge in [-0.05, 0) is 64.7 Å². The van der Waals surface area contributed by atoms with Gasteiger partial charge in [-0.3, -0.25) is 4.90 Å². The number of benzene rings is 4. The van der Waals surface area contributed by atoms with E-state index in [-0.39, 0.29) is 12.1 Å². The molecule has 4 aromatic carbocycles. The van der Waals surface area contributed by atoms with E-state index in [1.165, 1.54) is 16.8 Å². The summed E-state index contributed by atoms with van der Waals surface area (Å²) in [5, 5.41) is 3.60. The normalized spacial score (nSPS) is 17.6. The summed E-state index contributed by atoms with van der Waals surface area (Å²) in [6, 6.07) is 30.9. The highest BCUT2D eigenvalue weighted by atomic mass is 16.5. The highest BCUT2D eigenvalue weighted by Gasteiger charge is 2.38. The van der Waals surface area contributed by atoms with E-state index in [2.05, 4.69) is 99.7 Å². The molecule has 0 aromatic heterocycles. The fourth-order valence-corrected chi connectivity index (χ4v) is 6.72. The number of nitrogens with zero attached hydrogens (tertiary/aromatic N) is 3. The average molecular weight is 591 g/mol. The van der Waals surface area contributed by atoms with Crippen molar-refractivity contribution in [1.82, 2.24) is 9.80 Å². The van der Waals surface area contributed by atoms with Gasteiger partial charge in [-0.1, -0.05) is 67.6 Å². The summed E-state index contributed by atoms with van der Waals surface area (Å²) in [5.74, 6) is 1.35. The maximum Gasteiger partial charge on any atom is 0.161 e. The molecular weight excluding hydrogens is 548 g/mol. The number of aldehydes is 1. The van der Waals surface area contributed by atoms with E-state index < -0.39 is 0 Å². The Hall–Kier alpha value is -4.33. The number of ether oxygens (including phenoxy) is 2. The van der Waals surface area contributed by atoms with Crippen LogP contribution in [0.5, 0.6) is 11.5 Å². The van der Waals surface area contributed by atoms with Crippen LogP contribution in [-0.4, -0.2) is 63.0 Å². The van der Waals surface area contributed by atoms with Crippen molar-refractivity contribution in [3.8, 4) is 11.5 Å². The first-order valence-electron chi connectivity index (χ1n) is 15.5. The van der Waals surface area contributed by atoms with Crippen LogP contribution in [0.4, 0.5) is 11.4 Å². The van der Waals surface area contributed by atoms with Gasteiger partial charge in [0.25, 0.3) is 0 Å². The maximum atomic E-state index is 12.9. The standard InChI is InChI=1S/C37H42N4O3/c1-4-39-18-20-40(21-19-39)33-15-9-14-31-32(33)25-41(34(31)26-42)37(29-16-17-35(43-2)36(23-29)44-3)28-12-8-13-30(22-28)38-24-27-10-6-5-7-11-27/h5-17,22-23,26,34,37-38H,4,18-21,24-25H2,1-3H3. The molecule has 0 aliphatic carbocycles. The van der Waals surface area contributed by atoms with Gasteiger partial charge in [0.2, 0.25) is 0 Å². The molecule has 0 spiro atoms. The Labute approximate surface area is 261 Å². The van der Waals surface area contributed by atoms with Crippen molar-refractivity contribution in [3.05, 3.63) is 119 Å². The monoisotopic (exact) mass is 590 g/mol. The summed E-state index contributed by atoms with van der Waals surface area (Å²) in [6.07, 6.45) is 1.11. The highest BCUT2D eigenvalue weighted by molar-refractivity contribution is 5.70. The number of likely N-dealkylation sites (N-methyl/N-ethyl adjacent to an activating group) is 1. The first kappa shape index (κ1) is 29.7. The molecule has 2 heterocycles. The second-order valence-electron chi connectivity index (χ2n) is 11.5. The van der Waals surface area contributed by atoms with Crippen LogP contribution in [0, 0.1) is 0 Å². The van der Waals surface area contributed by atoms with Crippen LogP contribution in [-0.2, 0) is 17.9 Å². The number of hydrogen-bond acceptors (Lipinski definition) is 7. The number of carbonyl (C=O) groups excluding carboxylic acids is 1. The van der Waals surface area contributed by atoms with Crippen LogP contribution in [0.3, 0.4) is 0 Å². The number of carbonyl (C=O) groups is 1. The minimum Gasteiger partial charge on any atom is -0.493 e. The second-order valence-corrected chi connectivity index (χ2v) is 11.5. The first-order chi connectivity index (χ1) is 21.6. The van der Waals surface area contributed by atoms with Gasteiger partial charge in [-0.15, -0.1) is 0 Å². The van der Waals surface area contributed by atoms with Crippen LogP contribution in [0.25, 0.3) is 0 Å². The molecule has 6 rings (SSSR count). The Morgan fingerprint density at radius 1 is 0.841 bits per heavy atom. The summed E-state index contributed by atoms with van der Waals surface area (Å²) in [5.41, 5.74) is 7.99. The zero-order chi connectivity index (χ0) is 30.5. The van der Waals surface area contributed by atoms with E-state index in [4.69, 9.17) is 9.47 Å². The first-order valence-corrected chi connectivity index (χ1v) is 15.5. The molecule has 2 unspecified atom stereocenters. The summed E-state index contributed by atoms with van der Waals surface area (Å²) < 4.78 is 11.3. The molecule has 1 N–H and O–H groups in total. The Morgan fingerprint density at radius 3 is 2.32 bits per heavy atom. The van der Waals surface area contributed by atoms with Crippen molar-refractivity contribution in [2.75, 3.05) is 57.2 Å². The quantitative estimate of drug-likeness (QED) is 0.206. The van der Waals surface area contributed by atoms with Crippen molar-refractivity contribution in [3.63, 3.8) is 0 Å². The Morgan fingerprint density at radius 2 is 1.59 bits per heavy atom. The smallest absolute Gasteiger partial charge is 0.161 e. The third kappa shape index (κ3) is 6.03. The number of methoxy groups -OCH3 is 2. The van der Waals surface area contributed by atoms with Gasteiger partial charge >= 0.3 is 0 Å². The molecule has 0 bridgehead atoms. The minimum atomic E-state index is -0.374. The number of anilines is 2. The molecule has 7 heteroatoms. The fraction of sp³-hybridized carbons (Fsp3) is 0.324. The molecular formula is C37H42N4O3. The van der Waals surface area contributed by atoms with Crippen molar-refractivity contribution in [2.45, 2.75) is 32.1 Å². The van der Waals surface area contributed by atoms with Crippen molar-refractivity contribution in [1.29, 1.82) is 0 Å². The predicted molar refractivity (Wildman–Crippen MR) is 177 cm³/mol. The highest BCUT2D eigenvalue weighted by Crippen LogP contribution is 2.46. The van der Waals surface area contributed by atoms with Gasteiger partial charge in [0, 0.05) is 50.6 Å². The lowest BCUT2D eigenvalue weighted by Crippen LogP contribution is -2.46. The number of nitrogens with one attached hydrogen (secondary N) is 1. The topological polar surface area (TPSA) is 57.3 Å². The van der Waals surface area contributed by atoms with Gasteiger partial charge < -0.3 is 29.4 Å². The van der Waals surface area contributed by atoms with Gasteiger partial charge in [-0.25, -0.2) is 0 Å². The third-order valence-electron chi connectivity index (χ3n) is 9.09. The molecule has 2 atom stereocenters. The molecule has 0 saturated carbocycles. The summed E-state index contributed by atoms with van der Waals surface area (Å²) in [6.45, 7) is 8.79. The van der Waals surface area contributed by atoms with Crippen LogP contribution in [0.15, 0.2) is 91.0 Å². The molecule has 2 aliphatic rings. The maximum absolute atomic E-state index is 12.9. The molecule has 4 aromatic rings. The van der Waals surface area contributed by atoms with E-state index >= 15 is 0 Å². The van der Waals surface area contributed by atoms with Crippen molar-refractivity contribution in [2.24, 2.45) is 0 Å². The van der Waals surface area contributed by atoms with E-state index in [1.807, 2.05) is 18.2 Å². The lowest BCUT2D eigenvalue weighted by Gasteiger charge is -2.36. The molecule has 0 amide bonds. The van der Waals surface area contributed by atoms with Gasteiger partial charge in [0.05, 0.1) is 26.3 Å². The number of rotatable bonds is 11. The number of piperazine rings is 1. The predicted octanol–water partition coefficient (Wildman–Crippen LogP) is 6.30. The van der Waals surface area contributed by atoms with E-state index in [1.54, 1.807) is 14.2 Å². The lowest BCUT2D eigenvalue weighted by atomic mass is 9.95. The summed E-state index contributed by atoms with van der Waals surface area (Å²) in [4.78, 5) is 20.3. The van der Waals surface area contributed by atoms with Crippen molar-refractivity contribution < 1.29 is 14.3 Å². The van der Waals surface area contributed by atoms with E-state index in [0.717, 1.165) is 67.9 Å². The molecule has 7 nitrogen and oxygen atoms in total. The molecule has 1 saturated heterocycles. The summed E-state index contributed by atoms with van der Waals surface area (Å²) in [7, 11) is 3.31. The molecule has 0 radical (unpaired) electrons. The van der Waals surface area contributed by atoms with Crippen molar-refractivity contribution >= 4 is 17.7 Å². The van der Waals surface area contributed by atoms with Crippen LogP contribution in [0.2, 0.25) is 0 Å². The van der Waals surface area contributed by atoms with E-state index in [0.29, 0.717) is 18.0 Å². The molecule has 228 valence electrons. The second kappa shape index (κ2) is 13.5. The average Bonchev–Trinajstić information content (AvgIpc) is 3.46. The molecule has 44 heavy (non-hydrogen) atoms. The van der Waals surface area contributed by atoms with Crippen LogP contribution >= 0.6 is 0 Å². The Kier molecular flexibility index (Phi) is 9.15. The summed E-state index contributed by atoms with van der Waals surface area (Å²) >= 11 is 0. The van der Waals surface area contributed by atoms with Gasteiger partial charge in [0.15, 0.2) is 11.5 Å². The van der Waals surface area contributed by atoms with Gasteiger partial charge in [0.1, 0.15) is 6.29 Å². The zero-order valence-electron chi connectivity index (χ0n) is 25.9. The Balaban J connectivity index is 1.38. The fourth-order valence-electron chi connectivity index (χ4n) is 6.72. The largest absolute Gasteiger partial charge is 0.493 e. The number of fused-ring (bicyclic) bond motifs is 1. The molecule has 2 aliphatic heterocycles. The molecule has 1 fully saturated rings. The zero-order valence-corrected chi connectivity index (χ0v) is 25.9. The van der Waals surface area contributed by atoms with Gasteiger partial charge in [-0.2, -0.15) is 0 Å².